The largest absolute Gasteiger partial charge is 0.479 e. The van der Waals surface area contributed by atoms with Crippen LogP contribution in [-0.4, -0.2) is 12.1 Å². The van der Waals surface area contributed by atoms with Crippen LogP contribution in [0.3, 0.4) is 0 Å². The van der Waals surface area contributed by atoms with Gasteiger partial charge in [0.15, 0.2) is 6.10 Å². The number of esters is 1. The van der Waals surface area contributed by atoms with E-state index in [1.807, 2.05) is 69.3 Å². The molecule has 1 aromatic heterocycles. The molecule has 6 heteroatoms. The fourth-order valence-corrected chi connectivity index (χ4v) is 3.64. The van der Waals surface area contributed by atoms with E-state index in [4.69, 9.17) is 18.6 Å². The molecule has 0 N–H and O–H groups in total. The average Bonchev–Trinajstić information content (AvgIpc) is 2.83. The molecule has 1 atom stereocenters. The molecule has 4 aromatic rings. The van der Waals surface area contributed by atoms with E-state index in [0.29, 0.717) is 28.9 Å². The summed E-state index contributed by atoms with van der Waals surface area (Å²) in [5.41, 5.74) is 3.02. The maximum absolute atomic E-state index is 12.9. The lowest BCUT2D eigenvalue weighted by molar-refractivity contribution is -0.153. The lowest BCUT2D eigenvalue weighted by Gasteiger charge is -2.17. The summed E-state index contributed by atoms with van der Waals surface area (Å²) >= 11 is 0. The van der Waals surface area contributed by atoms with Gasteiger partial charge < -0.3 is 18.6 Å². The summed E-state index contributed by atoms with van der Waals surface area (Å²) in [6, 6.07) is 20.0. The molecule has 3 aromatic carbocycles. The van der Waals surface area contributed by atoms with E-state index in [2.05, 4.69) is 0 Å². The Kier molecular flexibility index (Phi) is 6.97. The van der Waals surface area contributed by atoms with Crippen LogP contribution in [0.5, 0.6) is 17.2 Å². The molecule has 0 saturated carbocycles. The minimum Gasteiger partial charge on any atom is -0.479 e. The predicted molar refractivity (Wildman–Crippen MR) is 129 cm³/mol. The van der Waals surface area contributed by atoms with Crippen molar-refractivity contribution in [3.05, 3.63) is 99.9 Å². The molecule has 0 aliphatic rings. The molecule has 0 saturated heterocycles. The highest BCUT2D eigenvalue weighted by atomic mass is 16.6. The Balaban J connectivity index is 1.48. The Labute approximate surface area is 197 Å². The lowest BCUT2D eigenvalue weighted by Crippen LogP contribution is -2.28. The van der Waals surface area contributed by atoms with E-state index >= 15 is 0 Å². The third kappa shape index (κ3) is 5.46. The Morgan fingerprint density at radius 2 is 1.68 bits per heavy atom. The fraction of sp³-hybridized carbons (Fsp3) is 0.214. The molecule has 1 unspecified atom stereocenters. The first kappa shape index (κ1) is 23.1. The molecular weight excluding hydrogens is 432 g/mol. The van der Waals surface area contributed by atoms with E-state index < -0.39 is 12.1 Å². The number of fused-ring (bicyclic) bond motifs is 1. The van der Waals surface area contributed by atoms with Crippen LogP contribution in [0.4, 0.5) is 0 Å². The van der Waals surface area contributed by atoms with Crippen LogP contribution in [0.25, 0.3) is 11.0 Å². The molecule has 0 aliphatic heterocycles. The zero-order chi connectivity index (χ0) is 24.1. The van der Waals surface area contributed by atoms with Gasteiger partial charge in [-0.3, -0.25) is 4.79 Å². The summed E-state index contributed by atoms with van der Waals surface area (Å²) in [5, 5.41) is 0.355. The molecule has 0 fully saturated rings. The van der Waals surface area contributed by atoms with Gasteiger partial charge in [0.1, 0.15) is 30.0 Å². The average molecular weight is 459 g/mol. The second-order valence-corrected chi connectivity index (χ2v) is 8.12. The highest BCUT2D eigenvalue weighted by molar-refractivity contribution is 5.79. The maximum Gasteiger partial charge on any atom is 0.347 e. The molecule has 0 bridgehead atoms. The van der Waals surface area contributed by atoms with Crippen LogP contribution in [0.2, 0.25) is 0 Å². The summed E-state index contributed by atoms with van der Waals surface area (Å²) in [6.45, 7) is 5.94. The third-order valence-electron chi connectivity index (χ3n) is 5.27. The standard InChI is InChI=1S/C28H26O6/c1-4-24(28(30)32-16-20-8-6-5-7-9-20)33-21-10-11-23-25(15-21)31-17-26(27(23)29)34-22-13-18(2)12-19(3)14-22/h5-15,17,24H,4,16H2,1-3H3. The lowest BCUT2D eigenvalue weighted by atomic mass is 10.1. The Bertz CT molecular complexity index is 1340. The van der Waals surface area contributed by atoms with Crippen LogP contribution < -0.4 is 14.9 Å². The number of ether oxygens (including phenoxy) is 3. The number of aryl methyl sites for hydroxylation is 2. The fourth-order valence-electron chi connectivity index (χ4n) is 3.64. The van der Waals surface area contributed by atoms with Crippen LogP contribution in [0.15, 0.2) is 82.2 Å². The quantitative estimate of drug-likeness (QED) is 0.297. The van der Waals surface area contributed by atoms with Crippen LogP contribution in [-0.2, 0) is 16.1 Å². The molecule has 6 nitrogen and oxygen atoms in total. The summed E-state index contributed by atoms with van der Waals surface area (Å²) < 4.78 is 22.7. The van der Waals surface area contributed by atoms with Gasteiger partial charge in [-0.15, -0.1) is 0 Å². The van der Waals surface area contributed by atoms with Crippen molar-refractivity contribution in [2.45, 2.75) is 39.9 Å². The van der Waals surface area contributed by atoms with Gasteiger partial charge in [-0.05, 0) is 61.2 Å². The Hall–Kier alpha value is -4.06. The van der Waals surface area contributed by atoms with Crippen molar-refractivity contribution in [1.29, 1.82) is 0 Å². The highest BCUT2D eigenvalue weighted by Gasteiger charge is 2.21. The molecule has 34 heavy (non-hydrogen) atoms. The van der Waals surface area contributed by atoms with E-state index in [1.165, 1.54) is 6.26 Å². The Morgan fingerprint density at radius 3 is 2.38 bits per heavy atom. The highest BCUT2D eigenvalue weighted by Crippen LogP contribution is 2.26. The van der Waals surface area contributed by atoms with Gasteiger partial charge in [0.25, 0.3) is 0 Å². The molecule has 174 valence electrons. The summed E-state index contributed by atoms with van der Waals surface area (Å²) in [4.78, 5) is 25.4. The van der Waals surface area contributed by atoms with E-state index in [9.17, 15) is 9.59 Å². The number of carbonyl (C=O) groups excluding carboxylic acids is 1. The van der Waals surface area contributed by atoms with Crippen molar-refractivity contribution < 1.29 is 23.4 Å². The summed E-state index contributed by atoms with van der Waals surface area (Å²) in [5.74, 6) is 0.623. The van der Waals surface area contributed by atoms with Crippen molar-refractivity contribution in [3.63, 3.8) is 0 Å². The number of hydrogen-bond acceptors (Lipinski definition) is 6. The van der Waals surface area contributed by atoms with Gasteiger partial charge in [-0.25, -0.2) is 4.79 Å². The van der Waals surface area contributed by atoms with E-state index in [0.717, 1.165) is 16.7 Å². The molecular formula is C28H26O6. The SMILES string of the molecule is CCC(Oc1ccc2c(=O)c(Oc3cc(C)cc(C)c3)coc2c1)C(=O)OCc1ccccc1. The zero-order valence-corrected chi connectivity index (χ0v) is 19.4. The predicted octanol–water partition coefficient (Wildman–Crippen LogP) is 6.10. The van der Waals surface area contributed by atoms with Crippen molar-refractivity contribution in [1.82, 2.24) is 0 Å². The summed E-state index contributed by atoms with van der Waals surface area (Å²) in [7, 11) is 0. The maximum atomic E-state index is 12.9. The van der Waals surface area contributed by atoms with Crippen LogP contribution in [0, 0.1) is 13.8 Å². The summed E-state index contributed by atoms with van der Waals surface area (Å²) in [6.07, 6.45) is 0.940. The second-order valence-electron chi connectivity index (χ2n) is 8.12. The van der Waals surface area contributed by atoms with Crippen molar-refractivity contribution in [2.75, 3.05) is 0 Å². The van der Waals surface area contributed by atoms with Gasteiger partial charge in [0.05, 0.1) is 5.39 Å². The van der Waals surface area contributed by atoms with Gasteiger partial charge in [0, 0.05) is 6.07 Å². The second kappa shape index (κ2) is 10.3. The smallest absolute Gasteiger partial charge is 0.347 e. The first-order valence-corrected chi connectivity index (χ1v) is 11.1. The zero-order valence-electron chi connectivity index (χ0n) is 19.4. The van der Waals surface area contributed by atoms with Gasteiger partial charge in [-0.2, -0.15) is 0 Å². The van der Waals surface area contributed by atoms with E-state index in [-0.39, 0.29) is 17.8 Å². The monoisotopic (exact) mass is 458 g/mol. The van der Waals surface area contributed by atoms with Crippen LogP contribution in [0.1, 0.15) is 30.0 Å². The van der Waals surface area contributed by atoms with Crippen molar-refractivity contribution >= 4 is 16.9 Å². The molecule has 0 radical (unpaired) electrons. The minimum absolute atomic E-state index is 0.0992. The van der Waals surface area contributed by atoms with Gasteiger partial charge in [0.2, 0.25) is 11.2 Å². The van der Waals surface area contributed by atoms with Crippen molar-refractivity contribution in [3.8, 4) is 17.2 Å². The number of hydrogen-bond donors (Lipinski definition) is 0. The normalized spacial score (nSPS) is 11.7. The van der Waals surface area contributed by atoms with E-state index in [1.54, 1.807) is 18.2 Å². The number of carbonyl (C=O) groups is 1. The topological polar surface area (TPSA) is 75.0 Å². The molecule has 0 aliphatic carbocycles. The number of rotatable bonds is 8. The first-order chi connectivity index (χ1) is 16.4. The minimum atomic E-state index is -0.778. The molecule has 4 rings (SSSR count). The molecule has 1 heterocycles. The third-order valence-corrected chi connectivity index (χ3v) is 5.27. The first-order valence-electron chi connectivity index (χ1n) is 11.1. The van der Waals surface area contributed by atoms with Gasteiger partial charge in [-0.1, -0.05) is 43.3 Å². The molecule has 0 amide bonds. The van der Waals surface area contributed by atoms with Crippen LogP contribution >= 0.6 is 0 Å². The van der Waals surface area contributed by atoms with Crippen molar-refractivity contribution in [2.24, 2.45) is 0 Å². The number of benzene rings is 3. The Morgan fingerprint density at radius 1 is 0.941 bits per heavy atom. The molecule has 0 spiro atoms. The van der Waals surface area contributed by atoms with Gasteiger partial charge >= 0.3 is 5.97 Å².